The van der Waals surface area contributed by atoms with E-state index >= 15 is 0 Å². The molecule has 0 spiro atoms. The number of nitrogens with one attached hydrogen (secondary N) is 2. The Bertz CT molecular complexity index is 1220. The van der Waals surface area contributed by atoms with Crippen molar-refractivity contribution in [3.05, 3.63) is 81.3 Å². The second kappa shape index (κ2) is 9.78. The fourth-order valence-corrected chi connectivity index (χ4v) is 4.26. The fourth-order valence-electron chi connectivity index (χ4n) is 2.64. The number of anilines is 2. The van der Waals surface area contributed by atoms with Gasteiger partial charge in [0.1, 0.15) is 5.75 Å². The van der Waals surface area contributed by atoms with Crippen molar-refractivity contribution in [2.75, 3.05) is 16.6 Å². The fraction of sp³-hybridized carbons (Fsp3) is 0.0952. The monoisotopic (exact) mass is 498 g/mol. The summed E-state index contributed by atoms with van der Waals surface area (Å²) in [4.78, 5) is 12.5. The molecule has 10 heteroatoms. The van der Waals surface area contributed by atoms with Gasteiger partial charge in [-0.25, -0.2) is 8.42 Å². The molecule has 0 radical (unpaired) electrons. The first-order valence-corrected chi connectivity index (χ1v) is 11.6. The van der Waals surface area contributed by atoms with Gasteiger partial charge in [-0.2, -0.15) is 0 Å². The highest BCUT2D eigenvalue weighted by Crippen LogP contribution is 2.33. The molecule has 162 valence electrons. The molecule has 0 heterocycles. The van der Waals surface area contributed by atoms with E-state index in [9.17, 15) is 13.2 Å². The predicted octanol–water partition coefficient (Wildman–Crippen LogP) is 6.10. The molecule has 3 rings (SSSR count). The van der Waals surface area contributed by atoms with Gasteiger partial charge in [-0.3, -0.25) is 9.52 Å². The van der Waals surface area contributed by atoms with E-state index in [2.05, 4.69) is 10.0 Å². The minimum absolute atomic E-state index is 0.0787. The number of halogens is 3. The van der Waals surface area contributed by atoms with Gasteiger partial charge in [0.05, 0.1) is 32.9 Å². The van der Waals surface area contributed by atoms with Crippen LogP contribution >= 0.6 is 34.8 Å². The summed E-state index contributed by atoms with van der Waals surface area (Å²) in [5.41, 5.74) is 0.681. The highest BCUT2D eigenvalue weighted by atomic mass is 35.5. The zero-order valence-corrected chi connectivity index (χ0v) is 19.2. The van der Waals surface area contributed by atoms with Gasteiger partial charge in [-0.1, -0.05) is 40.9 Å². The molecule has 0 saturated heterocycles. The van der Waals surface area contributed by atoms with Crippen LogP contribution in [0, 0.1) is 0 Å². The maximum Gasteiger partial charge on any atom is 0.262 e. The molecule has 2 N–H and O–H groups in total. The van der Waals surface area contributed by atoms with Gasteiger partial charge < -0.3 is 10.1 Å². The normalized spacial score (nSPS) is 11.1. The lowest BCUT2D eigenvalue weighted by atomic mass is 10.2. The van der Waals surface area contributed by atoms with E-state index in [0.717, 1.165) is 0 Å². The molecule has 0 unspecified atom stereocenters. The number of amides is 1. The molecular weight excluding hydrogens is 483 g/mol. The Kier molecular flexibility index (Phi) is 7.33. The molecule has 0 atom stereocenters. The van der Waals surface area contributed by atoms with Crippen molar-refractivity contribution in [3.63, 3.8) is 0 Å². The van der Waals surface area contributed by atoms with Crippen molar-refractivity contribution < 1.29 is 17.9 Å². The van der Waals surface area contributed by atoms with E-state index in [1.807, 2.05) is 0 Å². The summed E-state index contributed by atoms with van der Waals surface area (Å²) in [6.45, 7) is 2.10. The molecule has 0 bridgehead atoms. The summed E-state index contributed by atoms with van der Waals surface area (Å²) in [5.74, 6) is -0.123. The van der Waals surface area contributed by atoms with E-state index in [1.54, 1.807) is 43.3 Å². The Balaban J connectivity index is 1.94. The van der Waals surface area contributed by atoms with Gasteiger partial charge in [0.2, 0.25) is 0 Å². The van der Waals surface area contributed by atoms with Crippen LogP contribution in [-0.4, -0.2) is 20.9 Å². The maximum absolute atomic E-state index is 12.9. The minimum Gasteiger partial charge on any atom is -0.492 e. The number of rotatable bonds is 7. The van der Waals surface area contributed by atoms with Crippen LogP contribution < -0.4 is 14.8 Å². The molecule has 6 nitrogen and oxygen atoms in total. The first-order chi connectivity index (χ1) is 14.7. The average molecular weight is 500 g/mol. The highest BCUT2D eigenvalue weighted by Gasteiger charge is 2.20. The van der Waals surface area contributed by atoms with Gasteiger partial charge in [-0.15, -0.1) is 0 Å². The van der Waals surface area contributed by atoms with Crippen LogP contribution in [0.1, 0.15) is 17.3 Å². The van der Waals surface area contributed by atoms with Gasteiger partial charge in [0.15, 0.2) is 0 Å². The van der Waals surface area contributed by atoms with Gasteiger partial charge in [-0.05, 0) is 61.5 Å². The van der Waals surface area contributed by atoms with Crippen molar-refractivity contribution in [1.29, 1.82) is 0 Å². The molecule has 0 aliphatic carbocycles. The zero-order chi connectivity index (χ0) is 22.6. The van der Waals surface area contributed by atoms with Crippen LogP contribution in [0.4, 0.5) is 11.4 Å². The van der Waals surface area contributed by atoms with Crippen LogP contribution in [-0.2, 0) is 10.0 Å². The van der Waals surface area contributed by atoms with Gasteiger partial charge in [0.25, 0.3) is 15.9 Å². The van der Waals surface area contributed by atoms with E-state index in [4.69, 9.17) is 39.5 Å². The standard InChI is InChI=1S/C21H17Cl3N2O4S/c1-2-30-19-11-10-15(31(28,29)26-17-5-3-4-16(23)20(17)24)12-18(19)25-21(27)13-6-8-14(22)9-7-13/h3-12,26H,2H2,1H3,(H,25,27). The molecular formula is C21H17Cl3N2O4S. The minimum atomic E-state index is -4.03. The predicted molar refractivity (Wildman–Crippen MR) is 124 cm³/mol. The molecule has 31 heavy (non-hydrogen) atoms. The molecule has 0 aromatic heterocycles. The summed E-state index contributed by atoms with van der Waals surface area (Å²) in [5, 5.41) is 3.46. The van der Waals surface area contributed by atoms with Crippen molar-refractivity contribution >= 4 is 62.1 Å². The second-order valence-corrected chi connectivity index (χ2v) is 9.16. The third-order valence-corrected chi connectivity index (χ3v) is 6.55. The van der Waals surface area contributed by atoms with Gasteiger partial charge in [0, 0.05) is 10.6 Å². The molecule has 0 saturated carbocycles. The summed E-state index contributed by atoms with van der Waals surface area (Å²) in [6.07, 6.45) is 0. The van der Waals surface area contributed by atoms with Crippen molar-refractivity contribution in [3.8, 4) is 5.75 Å². The number of hydrogen-bond acceptors (Lipinski definition) is 4. The van der Waals surface area contributed by atoms with Crippen molar-refractivity contribution in [1.82, 2.24) is 0 Å². The van der Waals surface area contributed by atoms with Gasteiger partial charge >= 0.3 is 0 Å². The number of ether oxygens (including phenoxy) is 1. The Labute approximate surface area is 195 Å². The Morgan fingerprint density at radius 1 is 0.968 bits per heavy atom. The van der Waals surface area contributed by atoms with Crippen LogP contribution in [0.15, 0.2) is 65.6 Å². The third kappa shape index (κ3) is 5.62. The average Bonchev–Trinajstić information content (AvgIpc) is 2.73. The Morgan fingerprint density at radius 3 is 2.35 bits per heavy atom. The molecule has 0 aliphatic heterocycles. The molecule has 0 aliphatic rings. The largest absolute Gasteiger partial charge is 0.492 e. The first kappa shape index (κ1) is 23.2. The van der Waals surface area contributed by atoms with Crippen LogP contribution in [0.5, 0.6) is 5.75 Å². The number of carbonyl (C=O) groups excluding carboxylic acids is 1. The SMILES string of the molecule is CCOc1ccc(S(=O)(=O)Nc2cccc(Cl)c2Cl)cc1NC(=O)c1ccc(Cl)cc1. The summed E-state index contributed by atoms with van der Waals surface area (Å²) < 4.78 is 33.7. The molecule has 3 aromatic rings. The topological polar surface area (TPSA) is 84.5 Å². The lowest BCUT2D eigenvalue weighted by Crippen LogP contribution is -2.16. The zero-order valence-electron chi connectivity index (χ0n) is 16.2. The van der Waals surface area contributed by atoms with Crippen molar-refractivity contribution in [2.45, 2.75) is 11.8 Å². The highest BCUT2D eigenvalue weighted by molar-refractivity contribution is 7.92. The van der Waals surface area contributed by atoms with Crippen LogP contribution in [0.2, 0.25) is 15.1 Å². The Morgan fingerprint density at radius 2 is 1.68 bits per heavy atom. The molecule has 3 aromatic carbocycles. The van der Waals surface area contributed by atoms with E-state index < -0.39 is 15.9 Å². The lowest BCUT2D eigenvalue weighted by molar-refractivity contribution is 0.102. The number of hydrogen-bond donors (Lipinski definition) is 2. The quantitative estimate of drug-likeness (QED) is 0.411. The van der Waals surface area contributed by atoms with E-state index in [-0.39, 0.29) is 26.3 Å². The van der Waals surface area contributed by atoms with E-state index in [1.165, 1.54) is 24.3 Å². The van der Waals surface area contributed by atoms with Crippen LogP contribution in [0.3, 0.4) is 0 Å². The summed E-state index contributed by atoms with van der Waals surface area (Å²) in [6, 6.07) is 15.0. The lowest BCUT2D eigenvalue weighted by Gasteiger charge is -2.15. The number of benzene rings is 3. The Hall–Kier alpha value is -2.45. The maximum atomic E-state index is 12.9. The van der Waals surface area contributed by atoms with Crippen molar-refractivity contribution in [2.24, 2.45) is 0 Å². The second-order valence-electron chi connectivity index (χ2n) is 6.26. The first-order valence-electron chi connectivity index (χ1n) is 9.02. The van der Waals surface area contributed by atoms with E-state index in [0.29, 0.717) is 22.9 Å². The summed E-state index contributed by atoms with van der Waals surface area (Å²) >= 11 is 17.9. The smallest absolute Gasteiger partial charge is 0.262 e. The number of sulfonamides is 1. The molecule has 1 amide bonds. The van der Waals surface area contributed by atoms with Crippen LogP contribution in [0.25, 0.3) is 0 Å². The summed E-state index contributed by atoms with van der Waals surface area (Å²) in [7, 11) is -4.03. The third-order valence-electron chi connectivity index (χ3n) is 4.11. The molecule has 0 fully saturated rings. The number of carbonyl (C=O) groups is 1.